The highest BCUT2D eigenvalue weighted by molar-refractivity contribution is 7.16. The van der Waals surface area contributed by atoms with E-state index in [1.54, 1.807) is 23.1 Å². The number of halogens is 1. The maximum Gasteiger partial charge on any atom is 0.247 e. The Balaban J connectivity index is 1.70. The van der Waals surface area contributed by atoms with Gasteiger partial charge in [0.05, 0.1) is 24.1 Å². The number of benzene rings is 1. The molecule has 1 aromatic carbocycles. The number of nitrogens with zero attached hydrogens (tertiary/aromatic N) is 1. The number of rotatable bonds is 6. The summed E-state index contributed by atoms with van der Waals surface area (Å²) in [4.78, 5) is 15.3. The van der Waals surface area contributed by atoms with Crippen molar-refractivity contribution >= 4 is 34.9 Å². The van der Waals surface area contributed by atoms with E-state index in [4.69, 9.17) is 21.1 Å². The third-order valence-corrected chi connectivity index (χ3v) is 5.04. The lowest BCUT2D eigenvalue weighted by Crippen LogP contribution is -2.28. The fourth-order valence-electron chi connectivity index (χ4n) is 2.57. The van der Waals surface area contributed by atoms with E-state index < -0.39 is 0 Å². The largest absolute Gasteiger partial charge is 0.490 e. The maximum absolute atomic E-state index is 12.6. The third kappa shape index (κ3) is 4.90. The minimum Gasteiger partial charge on any atom is -0.490 e. The molecule has 0 aliphatic carbocycles. The number of carbonyl (C=O) groups is 1. The van der Waals surface area contributed by atoms with E-state index >= 15 is 0 Å². The Hall–Kier alpha value is -2.24. The standard InChI is InChI=1S/C20H20ClNO3S/c1-2-10-22(14-16-6-8-19(21)26-16)20(23)9-5-15-4-7-17-18(13-15)25-12-3-11-24-17/h2,4-9,13H,1,3,10-12,14H2/b9-5+. The summed E-state index contributed by atoms with van der Waals surface area (Å²) < 4.78 is 12.0. The molecule has 1 aliphatic rings. The molecule has 0 spiro atoms. The maximum atomic E-state index is 12.6. The topological polar surface area (TPSA) is 38.8 Å². The second-order valence-corrected chi connectivity index (χ2v) is 7.60. The molecule has 0 fully saturated rings. The van der Waals surface area contributed by atoms with Crippen molar-refractivity contribution in [3.05, 3.63) is 63.8 Å². The number of carbonyl (C=O) groups excluding carboxylic acids is 1. The quantitative estimate of drug-likeness (QED) is 0.526. The molecular weight excluding hydrogens is 370 g/mol. The zero-order chi connectivity index (χ0) is 18.4. The van der Waals surface area contributed by atoms with Crippen molar-refractivity contribution in [2.45, 2.75) is 13.0 Å². The van der Waals surface area contributed by atoms with Gasteiger partial charge in [-0.1, -0.05) is 23.7 Å². The van der Waals surface area contributed by atoms with Gasteiger partial charge in [-0.2, -0.15) is 0 Å². The first kappa shape index (κ1) is 18.5. The minimum absolute atomic E-state index is 0.0819. The Morgan fingerprint density at radius 2 is 2.04 bits per heavy atom. The first-order chi connectivity index (χ1) is 12.7. The molecule has 0 bridgehead atoms. The summed E-state index contributed by atoms with van der Waals surface area (Å²) >= 11 is 7.44. The monoisotopic (exact) mass is 389 g/mol. The van der Waals surface area contributed by atoms with E-state index in [9.17, 15) is 4.79 Å². The molecule has 2 aromatic rings. The van der Waals surface area contributed by atoms with Crippen LogP contribution in [0.3, 0.4) is 0 Å². The van der Waals surface area contributed by atoms with Crippen LogP contribution in [-0.2, 0) is 11.3 Å². The molecule has 1 aromatic heterocycles. The fourth-order valence-corrected chi connectivity index (χ4v) is 3.67. The second-order valence-electron chi connectivity index (χ2n) is 5.80. The van der Waals surface area contributed by atoms with Gasteiger partial charge in [0, 0.05) is 23.9 Å². The highest BCUT2D eigenvalue weighted by Crippen LogP contribution is 2.30. The summed E-state index contributed by atoms with van der Waals surface area (Å²) in [7, 11) is 0. The summed E-state index contributed by atoms with van der Waals surface area (Å²) in [6.07, 6.45) is 5.93. The van der Waals surface area contributed by atoms with E-state index in [2.05, 4.69) is 6.58 Å². The van der Waals surface area contributed by atoms with Crippen LogP contribution in [-0.4, -0.2) is 30.6 Å². The Morgan fingerprint density at radius 3 is 2.77 bits per heavy atom. The van der Waals surface area contributed by atoms with Gasteiger partial charge in [-0.05, 0) is 35.9 Å². The van der Waals surface area contributed by atoms with Crippen molar-refractivity contribution in [2.75, 3.05) is 19.8 Å². The molecule has 4 nitrogen and oxygen atoms in total. The molecule has 2 heterocycles. The average molecular weight is 390 g/mol. The van der Waals surface area contributed by atoms with Crippen LogP contribution in [0.15, 0.2) is 49.1 Å². The van der Waals surface area contributed by atoms with E-state index in [-0.39, 0.29) is 5.91 Å². The van der Waals surface area contributed by atoms with Gasteiger partial charge in [-0.15, -0.1) is 17.9 Å². The Labute approximate surface area is 162 Å². The number of hydrogen-bond donors (Lipinski definition) is 0. The smallest absolute Gasteiger partial charge is 0.247 e. The third-order valence-electron chi connectivity index (χ3n) is 3.83. The Kier molecular flexibility index (Phi) is 6.36. The van der Waals surface area contributed by atoms with Crippen molar-refractivity contribution in [3.8, 4) is 11.5 Å². The first-order valence-corrected chi connectivity index (χ1v) is 9.57. The number of amides is 1. The fraction of sp³-hybridized carbons (Fsp3) is 0.250. The van der Waals surface area contributed by atoms with Crippen molar-refractivity contribution in [2.24, 2.45) is 0 Å². The predicted octanol–water partition coefficient (Wildman–Crippen LogP) is 4.79. The highest BCUT2D eigenvalue weighted by atomic mass is 35.5. The van der Waals surface area contributed by atoms with Crippen molar-refractivity contribution < 1.29 is 14.3 Å². The molecule has 0 N–H and O–H groups in total. The molecule has 3 rings (SSSR count). The van der Waals surface area contributed by atoms with Crippen LogP contribution in [0.5, 0.6) is 11.5 Å². The van der Waals surface area contributed by atoms with Gasteiger partial charge in [0.2, 0.25) is 5.91 Å². The van der Waals surface area contributed by atoms with E-state index in [1.807, 2.05) is 30.3 Å². The SMILES string of the molecule is C=CCN(Cc1ccc(Cl)s1)C(=O)/C=C/c1ccc2c(c1)OCCCO2. The van der Waals surface area contributed by atoms with Gasteiger partial charge >= 0.3 is 0 Å². The Bertz CT molecular complexity index is 815. The van der Waals surface area contributed by atoms with Crippen molar-refractivity contribution in [1.82, 2.24) is 4.90 Å². The van der Waals surface area contributed by atoms with Crippen LogP contribution in [0.2, 0.25) is 4.34 Å². The summed E-state index contributed by atoms with van der Waals surface area (Å²) in [5.74, 6) is 1.38. The number of hydrogen-bond acceptors (Lipinski definition) is 4. The van der Waals surface area contributed by atoms with Gasteiger partial charge in [0.1, 0.15) is 0 Å². The molecule has 0 saturated heterocycles. The number of fused-ring (bicyclic) bond motifs is 1. The van der Waals surface area contributed by atoms with Gasteiger partial charge in [0.25, 0.3) is 0 Å². The Morgan fingerprint density at radius 1 is 1.23 bits per heavy atom. The summed E-state index contributed by atoms with van der Waals surface area (Å²) in [5.41, 5.74) is 0.889. The van der Waals surface area contributed by atoms with Crippen molar-refractivity contribution in [1.29, 1.82) is 0 Å². The van der Waals surface area contributed by atoms with Gasteiger partial charge in [-0.25, -0.2) is 0 Å². The molecule has 1 aliphatic heterocycles. The number of ether oxygens (including phenoxy) is 2. The van der Waals surface area contributed by atoms with Crippen LogP contribution in [0, 0.1) is 0 Å². The second kappa shape index (κ2) is 8.92. The van der Waals surface area contributed by atoms with E-state index in [0.717, 1.165) is 22.6 Å². The normalized spacial score (nSPS) is 13.4. The molecule has 0 atom stereocenters. The number of thiophene rings is 1. The zero-order valence-corrected chi connectivity index (χ0v) is 15.9. The zero-order valence-electron chi connectivity index (χ0n) is 14.3. The predicted molar refractivity (Wildman–Crippen MR) is 106 cm³/mol. The lowest BCUT2D eigenvalue weighted by Gasteiger charge is -2.18. The molecule has 26 heavy (non-hydrogen) atoms. The van der Waals surface area contributed by atoms with Crippen LogP contribution >= 0.6 is 22.9 Å². The van der Waals surface area contributed by atoms with Crippen LogP contribution < -0.4 is 9.47 Å². The van der Waals surface area contributed by atoms with Crippen LogP contribution in [0.1, 0.15) is 16.9 Å². The van der Waals surface area contributed by atoms with Crippen molar-refractivity contribution in [3.63, 3.8) is 0 Å². The summed E-state index contributed by atoms with van der Waals surface area (Å²) in [6.45, 7) is 6.00. The first-order valence-electron chi connectivity index (χ1n) is 8.37. The molecular formula is C20H20ClNO3S. The average Bonchev–Trinajstić information content (AvgIpc) is 2.91. The molecule has 0 unspecified atom stereocenters. The van der Waals surface area contributed by atoms with E-state index in [1.165, 1.54) is 11.3 Å². The van der Waals surface area contributed by atoms with Gasteiger partial charge in [0.15, 0.2) is 11.5 Å². The van der Waals surface area contributed by atoms with Crippen LogP contribution in [0.4, 0.5) is 0 Å². The molecule has 6 heteroatoms. The molecule has 136 valence electrons. The van der Waals surface area contributed by atoms with Gasteiger partial charge in [-0.3, -0.25) is 4.79 Å². The lowest BCUT2D eigenvalue weighted by molar-refractivity contribution is -0.126. The molecule has 0 saturated carbocycles. The molecule has 0 radical (unpaired) electrons. The highest BCUT2D eigenvalue weighted by Gasteiger charge is 2.12. The summed E-state index contributed by atoms with van der Waals surface area (Å²) in [6, 6.07) is 9.45. The lowest BCUT2D eigenvalue weighted by atomic mass is 10.2. The van der Waals surface area contributed by atoms with Gasteiger partial charge < -0.3 is 14.4 Å². The van der Waals surface area contributed by atoms with E-state index in [0.29, 0.717) is 36.4 Å². The molecule has 1 amide bonds. The van der Waals surface area contributed by atoms with Crippen LogP contribution in [0.25, 0.3) is 6.08 Å². The minimum atomic E-state index is -0.0819. The summed E-state index contributed by atoms with van der Waals surface area (Å²) in [5, 5.41) is 0.